The molecule has 23 heavy (non-hydrogen) atoms. The Morgan fingerprint density at radius 2 is 2.04 bits per heavy atom. The van der Waals surface area contributed by atoms with Crippen LogP contribution in [0.25, 0.3) is 11.3 Å². The van der Waals surface area contributed by atoms with Crippen molar-refractivity contribution in [1.82, 2.24) is 14.9 Å². The van der Waals surface area contributed by atoms with E-state index in [0.717, 1.165) is 35.7 Å². The Hall–Kier alpha value is -1.95. The molecule has 1 aromatic heterocycles. The summed E-state index contributed by atoms with van der Waals surface area (Å²) in [5.74, 6) is 0.669. The molecule has 0 bridgehead atoms. The standard InChI is InChI=1S/C17H23N3O2S/c1-4-5-6-7-12(2)18-17(21)16-15(19-20-23-16)13-8-10-14(22-3)11-9-13/h8-12H,4-7H2,1-3H3,(H,18,21)/t12-/m0/s1. The van der Waals surface area contributed by atoms with Gasteiger partial charge in [-0.15, -0.1) is 5.10 Å². The minimum Gasteiger partial charge on any atom is -0.497 e. The molecule has 1 atom stereocenters. The number of amides is 1. The first-order valence-corrected chi connectivity index (χ1v) is 8.70. The molecule has 0 spiro atoms. The van der Waals surface area contributed by atoms with Gasteiger partial charge in [0.25, 0.3) is 5.91 Å². The first-order valence-electron chi connectivity index (χ1n) is 7.93. The van der Waals surface area contributed by atoms with Crippen LogP contribution >= 0.6 is 11.5 Å². The maximum atomic E-state index is 12.5. The number of aromatic nitrogens is 2. The number of nitrogens with zero attached hydrogens (tertiary/aromatic N) is 2. The van der Waals surface area contributed by atoms with Crippen LogP contribution in [0.4, 0.5) is 0 Å². The molecule has 0 unspecified atom stereocenters. The third-order valence-corrected chi connectivity index (χ3v) is 4.40. The van der Waals surface area contributed by atoms with Crippen molar-refractivity contribution in [2.75, 3.05) is 7.11 Å². The summed E-state index contributed by atoms with van der Waals surface area (Å²) < 4.78 is 9.10. The smallest absolute Gasteiger partial charge is 0.265 e. The topological polar surface area (TPSA) is 64.1 Å². The van der Waals surface area contributed by atoms with E-state index in [2.05, 4.69) is 21.8 Å². The first kappa shape index (κ1) is 17.4. The summed E-state index contributed by atoms with van der Waals surface area (Å²) in [6, 6.07) is 7.63. The largest absolute Gasteiger partial charge is 0.497 e. The second kappa shape index (κ2) is 8.62. The quantitative estimate of drug-likeness (QED) is 0.744. The Bertz CT molecular complexity index is 625. The van der Waals surface area contributed by atoms with E-state index in [1.807, 2.05) is 31.2 Å². The van der Waals surface area contributed by atoms with Gasteiger partial charge in [0.15, 0.2) is 0 Å². The molecular formula is C17H23N3O2S. The maximum absolute atomic E-state index is 12.5. The summed E-state index contributed by atoms with van der Waals surface area (Å²) in [6.45, 7) is 4.21. The molecule has 2 aromatic rings. The highest BCUT2D eigenvalue weighted by molar-refractivity contribution is 7.08. The van der Waals surface area contributed by atoms with Crippen molar-refractivity contribution in [3.63, 3.8) is 0 Å². The lowest BCUT2D eigenvalue weighted by Crippen LogP contribution is -2.32. The van der Waals surface area contributed by atoms with Crippen LogP contribution in [0, 0.1) is 0 Å². The molecule has 1 amide bonds. The number of hydrogen-bond donors (Lipinski definition) is 1. The molecule has 0 aliphatic heterocycles. The number of unbranched alkanes of at least 4 members (excludes halogenated alkanes) is 2. The Morgan fingerprint density at radius 3 is 2.70 bits per heavy atom. The van der Waals surface area contributed by atoms with E-state index < -0.39 is 0 Å². The first-order chi connectivity index (χ1) is 11.2. The predicted molar refractivity (Wildman–Crippen MR) is 93.0 cm³/mol. The summed E-state index contributed by atoms with van der Waals surface area (Å²) >= 11 is 1.13. The number of ether oxygens (including phenoxy) is 1. The summed E-state index contributed by atoms with van der Waals surface area (Å²) in [5, 5.41) is 7.15. The lowest BCUT2D eigenvalue weighted by atomic mass is 10.1. The van der Waals surface area contributed by atoms with Crippen molar-refractivity contribution in [2.24, 2.45) is 0 Å². The van der Waals surface area contributed by atoms with Crippen molar-refractivity contribution in [1.29, 1.82) is 0 Å². The maximum Gasteiger partial charge on any atom is 0.265 e. The summed E-state index contributed by atoms with van der Waals surface area (Å²) in [5.41, 5.74) is 1.49. The highest BCUT2D eigenvalue weighted by atomic mass is 32.1. The molecule has 5 nitrogen and oxygen atoms in total. The summed E-state index contributed by atoms with van der Waals surface area (Å²) in [6.07, 6.45) is 4.49. The number of nitrogens with one attached hydrogen (secondary N) is 1. The predicted octanol–water partition coefficient (Wildman–Crippen LogP) is 3.91. The molecule has 1 heterocycles. The minimum atomic E-state index is -0.102. The molecular weight excluding hydrogens is 310 g/mol. The Morgan fingerprint density at radius 1 is 1.30 bits per heavy atom. The van der Waals surface area contributed by atoms with Crippen LogP contribution in [0.2, 0.25) is 0 Å². The normalized spacial score (nSPS) is 12.0. The van der Waals surface area contributed by atoms with Crippen LogP contribution < -0.4 is 10.1 Å². The average Bonchev–Trinajstić information content (AvgIpc) is 3.05. The number of rotatable bonds is 8. The molecule has 0 aliphatic carbocycles. The van der Waals surface area contributed by atoms with E-state index in [-0.39, 0.29) is 11.9 Å². The number of carbonyl (C=O) groups is 1. The molecule has 1 N–H and O–H groups in total. The molecule has 0 saturated carbocycles. The Labute approximate surface area is 141 Å². The lowest BCUT2D eigenvalue weighted by molar-refractivity contribution is 0.0942. The molecule has 124 valence electrons. The zero-order valence-electron chi connectivity index (χ0n) is 13.8. The van der Waals surface area contributed by atoms with Crippen molar-refractivity contribution in [3.05, 3.63) is 29.1 Å². The van der Waals surface area contributed by atoms with Gasteiger partial charge in [0.2, 0.25) is 0 Å². The van der Waals surface area contributed by atoms with Gasteiger partial charge in [-0.05, 0) is 49.1 Å². The number of carbonyl (C=O) groups excluding carboxylic acids is 1. The third kappa shape index (κ3) is 4.76. The lowest BCUT2D eigenvalue weighted by Gasteiger charge is -2.13. The SMILES string of the molecule is CCCCC[C@H](C)NC(=O)c1snnc1-c1ccc(OC)cc1. The fraction of sp³-hybridized carbons (Fsp3) is 0.471. The summed E-state index contributed by atoms with van der Waals surface area (Å²) in [4.78, 5) is 13.0. The van der Waals surface area contributed by atoms with Gasteiger partial charge >= 0.3 is 0 Å². The van der Waals surface area contributed by atoms with Crippen molar-refractivity contribution >= 4 is 17.4 Å². The second-order valence-corrected chi connectivity index (χ2v) is 6.30. The van der Waals surface area contributed by atoms with E-state index in [4.69, 9.17) is 4.74 Å². The van der Waals surface area contributed by atoms with E-state index in [1.165, 1.54) is 12.8 Å². The Kier molecular flexibility index (Phi) is 6.52. The molecule has 6 heteroatoms. The molecule has 2 rings (SSSR count). The van der Waals surface area contributed by atoms with Crippen LogP contribution in [-0.4, -0.2) is 28.6 Å². The van der Waals surface area contributed by atoms with Gasteiger partial charge in [-0.1, -0.05) is 30.7 Å². The van der Waals surface area contributed by atoms with Crippen LogP contribution in [0.15, 0.2) is 24.3 Å². The van der Waals surface area contributed by atoms with E-state index in [0.29, 0.717) is 10.6 Å². The summed E-state index contributed by atoms with van der Waals surface area (Å²) in [7, 11) is 1.62. The number of methoxy groups -OCH3 is 1. The van der Waals surface area contributed by atoms with Gasteiger partial charge in [0.1, 0.15) is 16.3 Å². The van der Waals surface area contributed by atoms with Crippen LogP contribution in [0.3, 0.4) is 0 Å². The van der Waals surface area contributed by atoms with Crippen molar-refractivity contribution < 1.29 is 9.53 Å². The van der Waals surface area contributed by atoms with E-state index in [1.54, 1.807) is 7.11 Å². The van der Waals surface area contributed by atoms with E-state index in [9.17, 15) is 4.79 Å². The van der Waals surface area contributed by atoms with Gasteiger partial charge in [0, 0.05) is 11.6 Å². The third-order valence-electron chi connectivity index (χ3n) is 3.68. The molecule has 1 aromatic carbocycles. The van der Waals surface area contributed by atoms with Crippen LogP contribution in [-0.2, 0) is 0 Å². The fourth-order valence-electron chi connectivity index (χ4n) is 2.34. The average molecular weight is 333 g/mol. The Balaban J connectivity index is 2.05. The number of hydrogen-bond acceptors (Lipinski definition) is 5. The van der Waals surface area contributed by atoms with Crippen LogP contribution in [0.1, 0.15) is 49.2 Å². The van der Waals surface area contributed by atoms with Gasteiger partial charge in [-0.25, -0.2) is 0 Å². The molecule has 0 radical (unpaired) electrons. The molecule has 0 aliphatic rings. The molecule has 0 saturated heterocycles. The monoisotopic (exact) mass is 333 g/mol. The fourth-order valence-corrected chi connectivity index (χ4v) is 2.93. The minimum absolute atomic E-state index is 0.102. The van der Waals surface area contributed by atoms with Gasteiger partial charge in [-0.2, -0.15) is 0 Å². The second-order valence-electron chi connectivity index (χ2n) is 5.55. The number of benzene rings is 1. The van der Waals surface area contributed by atoms with Crippen molar-refractivity contribution in [2.45, 2.75) is 45.6 Å². The van der Waals surface area contributed by atoms with Crippen LogP contribution in [0.5, 0.6) is 5.75 Å². The zero-order chi connectivity index (χ0) is 16.7. The van der Waals surface area contributed by atoms with Crippen molar-refractivity contribution in [3.8, 4) is 17.0 Å². The zero-order valence-corrected chi connectivity index (χ0v) is 14.7. The van der Waals surface area contributed by atoms with Gasteiger partial charge in [0.05, 0.1) is 7.11 Å². The van der Waals surface area contributed by atoms with Gasteiger partial charge in [-0.3, -0.25) is 4.79 Å². The molecule has 0 fully saturated rings. The van der Waals surface area contributed by atoms with E-state index >= 15 is 0 Å². The highest BCUT2D eigenvalue weighted by Gasteiger charge is 2.19. The highest BCUT2D eigenvalue weighted by Crippen LogP contribution is 2.26. The van der Waals surface area contributed by atoms with Gasteiger partial charge < -0.3 is 10.1 Å².